The number of sulfonamides is 1. The van der Waals surface area contributed by atoms with Crippen molar-refractivity contribution in [2.45, 2.75) is 11.1 Å². The van der Waals surface area contributed by atoms with E-state index in [9.17, 15) is 26.4 Å². The highest BCUT2D eigenvalue weighted by atomic mass is 32.2. The van der Waals surface area contributed by atoms with Crippen LogP contribution in [0.1, 0.15) is 15.9 Å². The summed E-state index contributed by atoms with van der Waals surface area (Å²) in [6.45, 7) is 0. The largest absolute Gasteiger partial charge is 0.416 e. The molecule has 0 aromatic heterocycles. The van der Waals surface area contributed by atoms with E-state index < -0.39 is 32.6 Å². The van der Waals surface area contributed by atoms with Gasteiger partial charge in [-0.3, -0.25) is 4.79 Å². The van der Waals surface area contributed by atoms with Gasteiger partial charge in [0.1, 0.15) is 4.90 Å². The summed E-state index contributed by atoms with van der Waals surface area (Å²) in [4.78, 5) is 11.3. The van der Waals surface area contributed by atoms with Crippen LogP contribution in [0.15, 0.2) is 83.8 Å². The van der Waals surface area contributed by atoms with E-state index in [0.29, 0.717) is 0 Å². The molecule has 0 unspecified atom stereocenters. The Morgan fingerprint density at radius 3 is 2.03 bits per heavy atom. The third-order valence-corrected chi connectivity index (χ3v) is 5.88. The zero-order chi connectivity index (χ0) is 21.2. The molecule has 0 aliphatic carbocycles. The normalized spacial score (nSPS) is 11.8. The van der Waals surface area contributed by atoms with Crippen molar-refractivity contribution in [3.8, 4) is 0 Å². The number of carbonyl (C=O) groups excluding carboxylic acids is 1. The van der Waals surface area contributed by atoms with Crippen molar-refractivity contribution in [3.63, 3.8) is 0 Å². The van der Waals surface area contributed by atoms with Crippen molar-refractivity contribution in [3.05, 3.63) is 90.0 Å². The molecule has 3 aromatic carbocycles. The Morgan fingerprint density at radius 2 is 1.41 bits per heavy atom. The number of para-hydroxylation sites is 1. The summed E-state index contributed by atoms with van der Waals surface area (Å²) in [5, 5.41) is 0. The highest BCUT2D eigenvalue weighted by Crippen LogP contribution is 2.37. The second-order valence-electron chi connectivity index (χ2n) is 6.01. The van der Waals surface area contributed by atoms with E-state index in [1.165, 1.54) is 42.5 Å². The van der Waals surface area contributed by atoms with Crippen LogP contribution in [0.3, 0.4) is 0 Å². The predicted octanol–water partition coefficient (Wildman–Crippen LogP) is 4.33. The first kappa shape index (κ1) is 20.4. The lowest BCUT2D eigenvalue weighted by atomic mass is 10.2. The summed E-state index contributed by atoms with van der Waals surface area (Å²) in [5.41, 5.74) is 3.90. The monoisotopic (exact) mass is 420 g/mol. The van der Waals surface area contributed by atoms with E-state index in [2.05, 4.69) is 0 Å². The lowest BCUT2D eigenvalue weighted by Crippen LogP contribution is -2.29. The van der Waals surface area contributed by atoms with Crippen molar-refractivity contribution in [2.75, 3.05) is 4.31 Å². The maximum Gasteiger partial charge on any atom is 0.416 e. The van der Waals surface area contributed by atoms with Crippen LogP contribution >= 0.6 is 0 Å². The highest BCUT2D eigenvalue weighted by Gasteiger charge is 2.34. The van der Waals surface area contributed by atoms with Crippen molar-refractivity contribution in [1.29, 1.82) is 0 Å². The minimum atomic E-state index is -4.66. The molecule has 3 rings (SSSR count). The number of amides is 1. The summed E-state index contributed by atoms with van der Waals surface area (Å²) < 4.78 is 67.2. The zero-order valence-electron chi connectivity index (χ0n) is 14.8. The number of alkyl halides is 3. The second kappa shape index (κ2) is 7.59. The summed E-state index contributed by atoms with van der Waals surface area (Å²) in [7, 11) is -4.48. The second-order valence-corrected chi connectivity index (χ2v) is 7.77. The third kappa shape index (κ3) is 4.09. The van der Waals surface area contributed by atoms with Crippen LogP contribution in [0.5, 0.6) is 0 Å². The quantitative estimate of drug-likeness (QED) is 0.667. The lowest BCUT2D eigenvalue weighted by Gasteiger charge is -2.26. The average molecular weight is 420 g/mol. The fourth-order valence-corrected chi connectivity index (χ4v) is 4.48. The Hall–Kier alpha value is -3.33. The zero-order valence-corrected chi connectivity index (χ0v) is 15.6. The van der Waals surface area contributed by atoms with Gasteiger partial charge in [0.05, 0.1) is 22.5 Å². The van der Waals surface area contributed by atoms with E-state index >= 15 is 0 Å². The molecule has 0 heterocycles. The maximum absolute atomic E-state index is 13.5. The van der Waals surface area contributed by atoms with Crippen LogP contribution in [0, 0.1) is 0 Å². The smallest absolute Gasteiger partial charge is 0.366 e. The SMILES string of the molecule is NC(=O)c1ccccc1S(=O)(=O)N(c1ccccc1)c1cccc(C(F)(F)F)c1. The predicted molar refractivity (Wildman–Crippen MR) is 102 cm³/mol. The molecule has 9 heteroatoms. The first-order valence-corrected chi connectivity index (χ1v) is 9.73. The summed E-state index contributed by atoms with van der Waals surface area (Å²) >= 11 is 0. The lowest BCUT2D eigenvalue weighted by molar-refractivity contribution is -0.137. The molecule has 0 fully saturated rings. The molecular weight excluding hydrogens is 405 g/mol. The minimum absolute atomic E-state index is 0.103. The van der Waals surface area contributed by atoms with Gasteiger partial charge in [0.2, 0.25) is 5.91 Å². The van der Waals surface area contributed by atoms with Gasteiger partial charge in [0.25, 0.3) is 10.0 Å². The molecule has 0 atom stereocenters. The maximum atomic E-state index is 13.5. The van der Waals surface area contributed by atoms with Crippen LogP contribution in [0.25, 0.3) is 0 Å². The molecule has 5 nitrogen and oxygen atoms in total. The third-order valence-electron chi connectivity index (χ3n) is 4.07. The molecule has 0 saturated carbocycles. The van der Waals surface area contributed by atoms with Gasteiger partial charge < -0.3 is 5.73 Å². The van der Waals surface area contributed by atoms with Gasteiger partial charge in [-0.2, -0.15) is 13.2 Å². The number of rotatable bonds is 5. The molecule has 0 radical (unpaired) electrons. The van der Waals surface area contributed by atoms with Crippen molar-refractivity contribution >= 4 is 27.3 Å². The first-order valence-electron chi connectivity index (χ1n) is 8.29. The van der Waals surface area contributed by atoms with E-state index in [-0.39, 0.29) is 16.9 Å². The number of nitrogens with two attached hydrogens (primary N) is 1. The molecular formula is C20H15F3N2O3S. The number of halogens is 3. The van der Waals surface area contributed by atoms with E-state index in [1.54, 1.807) is 18.2 Å². The fraction of sp³-hybridized carbons (Fsp3) is 0.0500. The number of hydrogen-bond acceptors (Lipinski definition) is 3. The van der Waals surface area contributed by atoms with Crippen molar-refractivity contribution < 1.29 is 26.4 Å². The van der Waals surface area contributed by atoms with Gasteiger partial charge in [-0.25, -0.2) is 12.7 Å². The Kier molecular flexibility index (Phi) is 5.34. The molecule has 2 N–H and O–H groups in total. The summed E-state index contributed by atoms with van der Waals surface area (Å²) in [6, 6.07) is 16.8. The topological polar surface area (TPSA) is 80.5 Å². The Labute approximate surface area is 165 Å². The van der Waals surface area contributed by atoms with Crippen LogP contribution in [0.4, 0.5) is 24.5 Å². The van der Waals surface area contributed by atoms with Crippen molar-refractivity contribution in [2.24, 2.45) is 5.73 Å². The van der Waals surface area contributed by atoms with Gasteiger partial charge in [-0.1, -0.05) is 36.4 Å². The summed E-state index contributed by atoms with van der Waals surface area (Å²) in [6.07, 6.45) is -4.66. The molecule has 0 aliphatic heterocycles. The van der Waals surface area contributed by atoms with E-state index in [4.69, 9.17) is 5.73 Å². The van der Waals surface area contributed by atoms with Crippen LogP contribution in [-0.2, 0) is 16.2 Å². The number of hydrogen-bond donors (Lipinski definition) is 1. The molecule has 0 spiro atoms. The number of primary amides is 1. The average Bonchev–Trinajstić information content (AvgIpc) is 2.68. The van der Waals surface area contributed by atoms with Gasteiger partial charge >= 0.3 is 6.18 Å². The van der Waals surface area contributed by atoms with Gasteiger partial charge in [-0.05, 0) is 42.5 Å². The van der Waals surface area contributed by atoms with Gasteiger partial charge in [0, 0.05) is 0 Å². The molecule has 0 saturated heterocycles. The molecule has 29 heavy (non-hydrogen) atoms. The first-order chi connectivity index (χ1) is 13.6. The van der Waals surface area contributed by atoms with Crippen molar-refractivity contribution in [1.82, 2.24) is 0 Å². The van der Waals surface area contributed by atoms with E-state index in [1.807, 2.05) is 0 Å². The van der Waals surface area contributed by atoms with Gasteiger partial charge in [-0.15, -0.1) is 0 Å². The number of carbonyl (C=O) groups is 1. The summed E-state index contributed by atoms with van der Waals surface area (Å²) in [5.74, 6) is -0.971. The Morgan fingerprint density at radius 1 is 0.828 bits per heavy atom. The van der Waals surface area contributed by atoms with Crippen LogP contribution in [-0.4, -0.2) is 14.3 Å². The number of nitrogens with zero attached hydrogens (tertiary/aromatic N) is 1. The highest BCUT2D eigenvalue weighted by molar-refractivity contribution is 7.93. The van der Waals surface area contributed by atoms with Gasteiger partial charge in [0.15, 0.2) is 0 Å². The number of benzene rings is 3. The molecule has 150 valence electrons. The number of anilines is 2. The Balaban J connectivity index is 2.28. The Bertz CT molecular complexity index is 1150. The van der Waals surface area contributed by atoms with E-state index in [0.717, 1.165) is 22.5 Å². The minimum Gasteiger partial charge on any atom is -0.366 e. The fourth-order valence-electron chi connectivity index (χ4n) is 2.79. The molecule has 0 bridgehead atoms. The molecule has 1 amide bonds. The molecule has 0 aliphatic rings. The van der Waals surface area contributed by atoms with Crippen LogP contribution < -0.4 is 10.0 Å². The standard InChI is InChI=1S/C20H15F3N2O3S/c21-20(22,23)14-7-6-10-16(13-14)25(15-8-2-1-3-9-15)29(27,28)18-12-5-4-11-17(18)19(24)26/h1-13H,(H2,24,26). The molecule has 3 aromatic rings. The van der Waals surface area contributed by atoms with Crippen LogP contribution in [0.2, 0.25) is 0 Å².